The maximum atomic E-state index is 5.47. The summed E-state index contributed by atoms with van der Waals surface area (Å²) in [4.78, 5) is 0. The van der Waals surface area contributed by atoms with Gasteiger partial charge in [0.25, 0.3) is 0 Å². The Kier molecular flexibility index (Phi) is 6.71. The molecule has 0 aromatic heterocycles. The molecule has 0 aromatic rings. The molecule has 0 rings (SSSR count). The lowest BCUT2D eigenvalue weighted by Gasteiger charge is -2.29. The quantitative estimate of drug-likeness (QED) is 0.733. The van der Waals surface area contributed by atoms with Gasteiger partial charge in [-0.25, -0.2) is 0 Å². The highest BCUT2D eigenvalue weighted by Crippen LogP contribution is 2.23. The van der Waals surface area contributed by atoms with Gasteiger partial charge >= 0.3 is 0 Å². The van der Waals surface area contributed by atoms with Crippen LogP contribution in [-0.4, -0.2) is 24.8 Å². The van der Waals surface area contributed by atoms with Crippen molar-refractivity contribution < 1.29 is 4.74 Å². The van der Waals surface area contributed by atoms with E-state index in [4.69, 9.17) is 4.74 Å². The SMILES string of the molecule is COC(C)(C)CCC(C)C(C)CNC(C)(C)C. The van der Waals surface area contributed by atoms with Gasteiger partial charge in [0.15, 0.2) is 0 Å². The highest BCUT2D eigenvalue weighted by Gasteiger charge is 2.21. The van der Waals surface area contributed by atoms with Crippen LogP contribution in [0.3, 0.4) is 0 Å². The maximum Gasteiger partial charge on any atom is 0.0622 e. The van der Waals surface area contributed by atoms with E-state index >= 15 is 0 Å². The minimum atomic E-state index is 0.0193. The van der Waals surface area contributed by atoms with E-state index in [1.165, 1.54) is 6.42 Å². The Morgan fingerprint density at radius 3 is 1.94 bits per heavy atom. The van der Waals surface area contributed by atoms with Crippen molar-refractivity contribution >= 4 is 0 Å². The third-order valence-electron chi connectivity index (χ3n) is 3.68. The van der Waals surface area contributed by atoms with Gasteiger partial charge in [-0.05, 0) is 65.8 Å². The minimum absolute atomic E-state index is 0.0193. The van der Waals surface area contributed by atoms with Crippen LogP contribution < -0.4 is 5.32 Å². The lowest BCUT2D eigenvalue weighted by Crippen LogP contribution is -2.40. The molecule has 0 heterocycles. The topological polar surface area (TPSA) is 21.3 Å². The van der Waals surface area contributed by atoms with Crippen LogP contribution in [0.4, 0.5) is 0 Å². The van der Waals surface area contributed by atoms with Crippen molar-refractivity contribution in [3.05, 3.63) is 0 Å². The van der Waals surface area contributed by atoms with Crippen LogP contribution >= 0.6 is 0 Å². The van der Waals surface area contributed by atoms with Gasteiger partial charge in [0.05, 0.1) is 5.60 Å². The molecule has 0 aliphatic carbocycles. The summed E-state index contributed by atoms with van der Waals surface area (Å²) in [5, 5.41) is 3.58. The highest BCUT2D eigenvalue weighted by atomic mass is 16.5. The average Bonchev–Trinajstić information content (AvgIpc) is 2.21. The Labute approximate surface area is 109 Å². The lowest BCUT2D eigenvalue weighted by atomic mass is 9.87. The van der Waals surface area contributed by atoms with Gasteiger partial charge in [-0.1, -0.05) is 13.8 Å². The maximum absolute atomic E-state index is 5.47. The van der Waals surface area contributed by atoms with E-state index < -0.39 is 0 Å². The Morgan fingerprint density at radius 1 is 1.00 bits per heavy atom. The summed E-state index contributed by atoms with van der Waals surface area (Å²) in [7, 11) is 1.80. The highest BCUT2D eigenvalue weighted by molar-refractivity contribution is 4.76. The van der Waals surface area contributed by atoms with E-state index in [0.29, 0.717) is 5.92 Å². The zero-order valence-corrected chi connectivity index (χ0v) is 13.2. The Balaban J connectivity index is 3.94. The number of rotatable bonds is 7. The zero-order chi connectivity index (χ0) is 13.7. The first-order valence-corrected chi connectivity index (χ1v) is 6.87. The minimum Gasteiger partial charge on any atom is -0.379 e. The van der Waals surface area contributed by atoms with E-state index in [1.807, 2.05) is 0 Å². The second kappa shape index (κ2) is 6.75. The molecular formula is C15H33NO. The van der Waals surface area contributed by atoms with Crippen molar-refractivity contribution in [1.82, 2.24) is 5.32 Å². The third-order valence-corrected chi connectivity index (χ3v) is 3.68. The van der Waals surface area contributed by atoms with E-state index in [0.717, 1.165) is 18.9 Å². The number of nitrogens with one attached hydrogen (secondary N) is 1. The van der Waals surface area contributed by atoms with Crippen molar-refractivity contribution in [3.8, 4) is 0 Å². The summed E-state index contributed by atoms with van der Waals surface area (Å²) in [6.45, 7) is 16.8. The molecule has 2 nitrogen and oxygen atoms in total. The van der Waals surface area contributed by atoms with Gasteiger partial charge in [-0.2, -0.15) is 0 Å². The summed E-state index contributed by atoms with van der Waals surface area (Å²) >= 11 is 0. The Hall–Kier alpha value is -0.0800. The molecule has 2 atom stereocenters. The smallest absolute Gasteiger partial charge is 0.0622 e. The number of methoxy groups -OCH3 is 1. The standard InChI is InChI=1S/C15H33NO/c1-12(9-10-15(6,7)17-8)13(2)11-16-14(3,4)5/h12-13,16H,9-11H2,1-8H3. The Bertz CT molecular complexity index is 205. The van der Waals surface area contributed by atoms with Gasteiger partial charge in [-0.3, -0.25) is 0 Å². The molecule has 0 aliphatic rings. The molecule has 0 amide bonds. The number of hydrogen-bond donors (Lipinski definition) is 1. The first-order valence-electron chi connectivity index (χ1n) is 6.87. The normalized spacial score (nSPS) is 16.9. The molecule has 2 unspecified atom stereocenters. The molecule has 1 N–H and O–H groups in total. The summed E-state index contributed by atoms with van der Waals surface area (Å²) < 4.78 is 5.47. The van der Waals surface area contributed by atoms with Gasteiger partial charge in [0.2, 0.25) is 0 Å². The predicted octanol–water partition coefficient (Wildman–Crippen LogP) is 3.85. The first kappa shape index (κ1) is 16.9. The molecule has 0 saturated carbocycles. The fourth-order valence-electron chi connectivity index (χ4n) is 1.63. The predicted molar refractivity (Wildman–Crippen MR) is 76.4 cm³/mol. The molecule has 0 spiro atoms. The number of ether oxygens (including phenoxy) is 1. The molecule has 0 radical (unpaired) electrons. The molecule has 0 saturated heterocycles. The van der Waals surface area contributed by atoms with E-state index in [9.17, 15) is 0 Å². The molecule has 0 fully saturated rings. The first-order chi connectivity index (χ1) is 7.57. The zero-order valence-electron chi connectivity index (χ0n) is 13.2. The molecular weight excluding hydrogens is 210 g/mol. The summed E-state index contributed by atoms with van der Waals surface area (Å²) in [6, 6.07) is 0. The van der Waals surface area contributed by atoms with Crippen molar-refractivity contribution in [2.75, 3.05) is 13.7 Å². The van der Waals surface area contributed by atoms with Crippen molar-refractivity contribution in [3.63, 3.8) is 0 Å². The molecule has 0 aliphatic heterocycles. The summed E-state index contributed by atoms with van der Waals surface area (Å²) in [6.07, 6.45) is 2.36. The molecule has 104 valence electrons. The van der Waals surface area contributed by atoms with E-state index in [2.05, 4.69) is 53.8 Å². The molecule has 0 bridgehead atoms. The van der Waals surface area contributed by atoms with Crippen LogP contribution in [0.15, 0.2) is 0 Å². The fraction of sp³-hybridized carbons (Fsp3) is 1.00. The van der Waals surface area contributed by atoms with Gasteiger partial charge in [0, 0.05) is 12.6 Å². The van der Waals surface area contributed by atoms with Gasteiger partial charge in [0.1, 0.15) is 0 Å². The van der Waals surface area contributed by atoms with E-state index in [-0.39, 0.29) is 11.1 Å². The third kappa shape index (κ3) is 8.62. The molecule has 2 heteroatoms. The van der Waals surface area contributed by atoms with Crippen molar-refractivity contribution in [2.45, 2.75) is 72.4 Å². The van der Waals surface area contributed by atoms with Gasteiger partial charge in [-0.15, -0.1) is 0 Å². The second-order valence-corrected chi connectivity index (χ2v) is 7.09. The van der Waals surface area contributed by atoms with Crippen LogP contribution in [0.1, 0.15) is 61.3 Å². The molecule has 17 heavy (non-hydrogen) atoms. The monoisotopic (exact) mass is 243 g/mol. The van der Waals surface area contributed by atoms with Crippen LogP contribution in [0, 0.1) is 11.8 Å². The van der Waals surface area contributed by atoms with Crippen molar-refractivity contribution in [1.29, 1.82) is 0 Å². The van der Waals surface area contributed by atoms with Crippen LogP contribution in [0.25, 0.3) is 0 Å². The van der Waals surface area contributed by atoms with Crippen molar-refractivity contribution in [2.24, 2.45) is 11.8 Å². The summed E-state index contributed by atoms with van der Waals surface area (Å²) in [5.74, 6) is 1.45. The number of hydrogen-bond acceptors (Lipinski definition) is 2. The summed E-state index contributed by atoms with van der Waals surface area (Å²) in [5.41, 5.74) is 0.241. The fourth-order valence-corrected chi connectivity index (χ4v) is 1.63. The average molecular weight is 243 g/mol. The molecule has 0 aromatic carbocycles. The second-order valence-electron chi connectivity index (χ2n) is 7.09. The lowest BCUT2D eigenvalue weighted by molar-refractivity contribution is 0.00911. The van der Waals surface area contributed by atoms with Crippen LogP contribution in [0.2, 0.25) is 0 Å². The van der Waals surface area contributed by atoms with Crippen LogP contribution in [-0.2, 0) is 4.74 Å². The van der Waals surface area contributed by atoms with Gasteiger partial charge < -0.3 is 10.1 Å². The largest absolute Gasteiger partial charge is 0.379 e. The Morgan fingerprint density at radius 2 is 1.53 bits per heavy atom. The van der Waals surface area contributed by atoms with Crippen LogP contribution in [0.5, 0.6) is 0 Å². The van der Waals surface area contributed by atoms with E-state index in [1.54, 1.807) is 7.11 Å².